The van der Waals surface area contributed by atoms with Gasteiger partial charge in [-0.3, -0.25) is 14.4 Å². The average Bonchev–Trinajstić information content (AvgIpc) is 3.12. The number of fused-ring (bicyclic) bond motifs is 2. The van der Waals surface area contributed by atoms with E-state index in [2.05, 4.69) is 10.2 Å². The number of para-hydroxylation sites is 1. The zero-order valence-corrected chi connectivity index (χ0v) is 29.1. The van der Waals surface area contributed by atoms with Crippen LogP contribution >= 0.6 is 11.8 Å². The SMILES string of the molecule is CSCCC(NC(=O)c1ccc(CN(Cc2ccc3c(c2)C(=O)c2ccccc2C3=O)c2ccccc2)cc1-c1ccccc1C)C(=O)[O-].[Li+]. The molecule has 0 aliphatic heterocycles. The summed E-state index contributed by atoms with van der Waals surface area (Å²) < 4.78 is 0. The van der Waals surface area contributed by atoms with Crippen molar-refractivity contribution in [2.45, 2.75) is 32.5 Å². The van der Waals surface area contributed by atoms with Gasteiger partial charge in [0, 0.05) is 46.6 Å². The molecule has 1 atom stereocenters. The molecule has 9 heteroatoms. The van der Waals surface area contributed by atoms with E-state index in [0.29, 0.717) is 52.2 Å². The third kappa shape index (κ3) is 7.79. The van der Waals surface area contributed by atoms with Gasteiger partial charge < -0.3 is 20.1 Å². The number of hydrogen-bond acceptors (Lipinski definition) is 7. The average molecular weight is 675 g/mol. The Bertz CT molecular complexity index is 2070. The summed E-state index contributed by atoms with van der Waals surface area (Å²) in [6, 6.07) is 34.6. The van der Waals surface area contributed by atoms with Gasteiger partial charge >= 0.3 is 18.9 Å². The van der Waals surface area contributed by atoms with Gasteiger partial charge in [-0.05, 0) is 89.6 Å². The number of ketones is 2. The Hall–Kier alpha value is -4.87. The van der Waals surface area contributed by atoms with E-state index in [-0.39, 0.29) is 36.8 Å². The molecule has 0 bridgehead atoms. The molecule has 0 radical (unpaired) electrons. The minimum Gasteiger partial charge on any atom is -0.548 e. The second kappa shape index (κ2) is 16.2. The number of amides is 1. The molecule has 0 heterocycles. The molecule has 1 unspecified atom stereocenters. The van der Waals surface area contributed by atoms with Gasteiger partial charge in [-0.1, -0.05) is 78.9 Å². The van der Waals surface area contributed by atoms with Crippen LogP contribution in [0.4, 0.5) is 5.69 Å². The first-order chi connectivity index (χ1) is 23.7. The third-order valence-electron chi connectivity index (χ3n) is 8.82. The molecule has 0 fully saturated rings. The molecule has 1 amide bonds. The molecular weight excluding hydrogens is 639 g/mol. The maximum Gasteiger partial charge on any atom is 1.00 e. The predicted molar refractivity (Wildman–Crippen MR) is 192 cm³/mol. The van der Waals surface area contributed by atoms with Gasteiger partial charge in [0.05, 0.1) is 12.0 Å². The Morgan fingerprint density at radius 1 is 0.700 bits per heavy atom. The van der Waals surface area contributed by atoms with Gasteiger partial charge in [0.2, 0.25) is 0 Å². The van der Waals surface area contributed by atoms with Crippen LogP contribution in [-0.2, 0) is 17.9 Å². The van der Waals surface area contributed by atoms with Gasteiger partial charge in [0.1, 0.15) is 0 Å². The van der Waals surface area contributed by atoms with Gasteiger partial charge in [-0.2, -0.15) is 11.8 Å². The van der Waals surface area contributed by atoms with Crippen molar-refractivity contribution in [3.63, 3.8) is 0 Å². The molecule has 0 saturated heterocycles. The van der Waals surface area contributed by atoms with Crippen molar-refractivity contribution in [2.24, 2.45) is 0 Å². The predicted octanol–water partition coefficient (Wildman–Crippen LogP) is 3.25. The molecule has 5 aromatic carbocycles. The number of carbonyl (C=O) groups is 4. The molecule has 1 aliphatic carbocycles. The number of hydrogen-bond donors (Lipinski definition) is 1. The molecule has 5 aromatic rings. The van der Waals surface area contributed by atoms with Crippen molar-refractivity contribution < 1.29 is 43.1 Å². The van der Waals surface area contributed by atoms with Crippen molar-refractivity contribution in [1.82, 2.24) is 5.32 Å². The van der Waals surface area contributed by atoms with E-state index in [1.54, 1.807) is 36.4 Å². The Morgan fingerprint density at radius 3 is 1.86 bits per heavy atom. The van der Waals surface area contributed by atoms with Crippen molar-refractivity contribution in [2.75, 3.05) is 16.9 Å². The summed E-state index contributed by atoms with van der Waals surface area (Å²) in [6.07, 6.45) is 2.14. The van der Waals surface area contributed by atoms with E-state index >= 15 is 0 Å². The molecule has 50 heavy (non-hydrogen) atoms. The number of aliphatic carboxylic acids is 1. The van der Waals surface area contributed by atoms with Crippen LogP contribution in [0, 0.1) is 6.92 Å². The van der Waals surface area contributed by atoms with Crippen molar-refractivity contribution >= 4 is 40.9 Å². The number of benzene rings is 5. The number of anilines is 1. The smallest absolute Gasteiger partial charge is 0.548 e. The molecule has 1 N–H and O–H groups in total. The molecule has 246 valence electrons. The standard InChI is InChI=1S/C41H36N2O5S.Li/c1-26-10-6-7-13-30(26)35-22-27(17-19-34(35)40(46)42-37(41(47)48)20-21-49-2)24-43(29-11-4-3-5-12-29)25-28-16-18-33-36(23-28)39(45)32-15-9-8-14-31(32)38(33)44;/h3-19,22-23,37H,20-21,24-25H2,1-2H3,(H,42,46)(H,47,48);/q;+1/p-1. The molecule has 0 saturated carbocycles. The molecule has 0 spiro atoms. The fourth-order valence-corrected chi connectivity index (χ4v) is 6.74. The van der Waals surface area contributed by atoms with Crippen LogP contribution in [0.15, 0.2) is 115 Å². The Labute approximate surface area is 308 Å². The van der Waals surface area contributed by atoms with Crippen molar-refractivity contribution in [3.8, 4) is 11.1 Å². The first-order valence-electron chi connectivity index (χ1n) is 16.1. The summed E-state index contributed by atoms with van der Waals surface area (Å²) in [4.78, 5) is 54.3. The summed E-state index contributed by atoms with van der Waals surface area (Å²) in [5, 5.41) is 14.5. The maximum atomic E-state index is 13.6. The van der Waals surface area contributed by atoms with Crippen LogP contribution in [0.1, 0.15) is 65.3 Å². The number of carboxylic acid groups (broad SMARTS) is 1. The number of rotatable bonds is 12. The van der Waals surface area contributed by atoms with Crippen LogP contribution < -0.4 is 34.2 Å². The van der Waals surface area contributed by atoms with E-state index in [0.717, 1.165) is 27.9 Å². The number of nitrogens with one attached hydrogen (secondary N) is 1. The quantitative estimate of drug-likeness (QED) is 0.199. The molecular formula is C41H35LiN2O5S. The Morgan fingerprint density at radius 2 is 1.24 bits per heavy atom. The normalized spacial score (nSPS) is 12.3. The number of nitrogens with zero attached hydrogens (tertiary/aromatic N) is 1. The van der Waals surface area contributed by atoms with Gasteiger partial charge in [0.25, 0.3) is 5.91 Å². The Kier molecular flexibility index (Phi) is 11.8. The second-order valence-corrected chi connectivity index (χ2v) is 13.1. The third-order valence-corrected chi connectivity index (χ3v) is 9.47. The van der Waals surface area contributed by atoms with E-state index < -0.39 is 17.9 Å². The molecule has 1 aliphatic rings. The van der Waals surface area contributed by atoms with Crippen LogP contribution in [0.3, 0.4) is 0 Å². The molecule has 6 rings (SSSR count). The number of carboxylic acids is 1. The summed E-state index contributed by atoms with van der Waals surface area (Å²) in [5.74, 6) is -1.54. The van der Waals surface area contributed by atoms with Gasteiger partial charge in [-0.15, -0.1) is 0 Å². The fourth-order valence-electron chi connectivity index (χ4n) is 6.27. The summed E-state index contributed by atoms with van der Waals surface area (Å²) in [6.45, 7) is 2.89. The zero-order valence-electron chi connectivity index (χ0n) is 28.3. The summed E-state index contributed by atoms with van der Waals surface area (Å²) in [5.41, 5.74) is 7.32. The van der Waals surface area contributed by atoms with Crippen LogP contribution in [0.2, 0.25) is 0 Å². The fraction of sp³-hybridized carbons (Fsp3) is 0.171. The zero-order chi connectivity index (χ0) is 34.5. The topological polar surface area (TPSA) is 107 Å². The summed E-state index contributed by atoms with van der Waals surface area (Å²) >= 11 is 1.50. The Balaban J connectivity index is 0.00000486. The van der Waals surface area contributed by atoms with Gasteiger partial charge in [-0.25, -0.2) is 0 Å². The van der Waals surface area contributed by atoms with E-state index in [9.17, 15) is 24.3 Å². The monoisotopic (exact) mass is 674 g/mol. The maximum absolute atomic E-state index is 13.6. The number of aryl methyl sites for hydroxylation is 1. The van der Waals surface area contributed by atoms with Crippen LogP contribution in [0.25, 0.3) is 11.1 Å². The first kappa shape index (κ1) is 36.4. The van der Waals surface area contributed by atoms with Crippen molar-refractivity contribution in [3.05, 3.63) is 160 Å². The van der Waals surface area contributed by atoms with Crippen LogP contribution in [0.5, 0.6) is 0 Å². The number of thioether (sulfide) groups is 1. The minimum absolute atomic E-state index is 0. The van der Waals surface area contributed by atoms with Crippen molar-refractivity contribution in [1.29, 1.82) is 0 Å². The number of carbonyl (C=O) groups excluding carboxylic acids is 4. The van der Waals surface area contributed by atoms with E-state index in [1.807, 2.05) is 92.0 Å². The van der Waals surface area contributed by atoms with E-state index in [1.165, 1.54) is 11.8 Å². The van der Waals surface area contributed by atoms with E-state index in [4.69, 9.17) is 0 Å². The molecule has 0 aromatic heterocycles. The van der Waals surface area contributed by atoms with Crippen LogP contribution in [-0.4, -0.2) is 41.5 Å². The molecule has 7 nitrogen and oxygen atoms in total. The summed E-state index contributed by atoms with van der Waals surface area (Å²) in [7, 11) is 0. The largest absolute Gasteiger partial charge is 1.00 e. The second-order valence-electron chi connectivity index (χ2n) is 12.1. The first-order valence-corrected chi connectivity index (χ1v) is 17.5. The van der Waals surface area contributed by atoms with Gasteiger partial charge in [0.15, 0.2) is 11.6 Å². The minimum atomic E-state index is -1.31.